The number of likely N-dealkylation sites (N-methyl/N-ethyl adjacent to an activating group) is 1. The first-order valence-electron chi connectivity index (χ1n) is 6.43. The summed E-state index contributed by atoms with van der Waals surface area (Å²) in [6.07, 6.45) is 1.66. The Kier molecular flexibility index (Phi) is 5.07. The zero-order valence-electron chi connectivity index (χ0n) is 12.4. The fourth-order valence-electron chi connectivity index (χ4n) is 1.59. The molecule has 2 amide bonds. The Morgan fingerprint density at radius 3 is 2.50 bits per heavy atom. The maximum Gasteiger partial charge on any atom is 0.240 e. The van der Waals surface area contributed by atoms with E-state index in [9.17, 15) is 9.59 Å². The van der Waals surface area contributed by atoms with E-state index in [-0.39, 0.29) is 30.3 Å². The molecule has 0 aliphatic heterocycles. The van der Waals surface area contributed by atoms with Crippen LogP contribution in [0.1, 0.15) is 26.5 Å². The van der Waals surface area contributed by atoms with Crippen LogP contribution in [0.25, 0.3) is 0 Å². The Balaban J connectivity index is 2.51. The molecule has 20 heavy (non-hydrogen) atoms. The number of nitrogen functional groups attached to an aromatic ring is 1. The molecule has 0 unspecified atom stereocenters. The number of nitrogens with zero attached hydrogens (tertiary/aromatic N) is 2. The van der Waals surface area contributed by atoms with Gasteiger partial charge in [-0.05, 0) is 32.9 Å². The van der Waals surface area contributed by atoms with Crippen molar-refractivity contribution in [1.82, 2.24) is 15.2 Å². The van der Waals surface area contributed by atoms with Gasteiger partial charge < -0.3 is 16.0 Å². The van der Waals surface area contributed by atoms with Gasteiger partial charge in [0.2, 0.25) is 11.8 Å². The molecular weight excluding hydrogens is 256 g/mol. The quantitative estimate of drug-likeness (QED) is 0.843. The predicted molar refractivity (Wildman–Crippen MR) is 77.9 cm³/mol. The molecule has 1 heterocycles. The van der Waals surface area contributed by atoms with E-state index in [1.54, 1.807) is 19.2 Å². The van der Waals surface area contributed by atoms with Crippen molar-refractivity contribution in [2.75, 3.05) is 19.3 Å². The first-order valence-corrected chi connectivity index (χ1v) is 6.43. The van der Waals surface area contributed by atoms with Crippen molar-refractivity contribution in [3.8, 4) is 0 Å². The van der Waals surface area contributed by atoms with Crippen LogP contribution in [0.3, 0.4) is 0 Å². The van der Waals surface area contributed by atoms with Crippen LogP contribution in [0, 0.1) is 0 Å². The van der Waals surface area contributed by atoms with Gasteiger partial charge in [0.1, 0.15) is 0 Å². The van der Waals surface area contributed by atoms with Crippen molar-refractivity contribution in [3.05, 3.63) is 24.0 Å². The average molecular weight is 278 g/mol. The van der Waals surface area contributed by atoms with Gasteiger partial charge in [-0.3, -0.25) is 14.6 Å². The lowest BCUT2D eigenvalue weighted by molar-refractivity contribution is -0.134. The van der Waals surface area contributed by atoms with Crippen molar-refractivity contribution in [2.24, 2.45) is 0 Å². The number of nitrogens with two attached hydrogens (primary N) is 1. The maximum absolute atomic E-state index is 12.0. The molecule has 0 aliphatic rings. The highest BCUT2D eigenvalue weighted by atomic mass is 16.2. The van der Waals surface area contributed by atoms with E-state index >= 15 is 0 Å². The summed E-state index contributed by atoms with van der Waals surface area (Å²) in [5.41, 5.74) is 6.41. The molecule has 0 saturated heterocycles. The summed E-state index contributed by atoms with van der Waals surface area (Å²) in [5.74, 6) is -0.343. The summed E-state index contributed by atoms with van der Waals surface area (Å²) in [5, 5.41) is 2.81. The molecule has 1 aromatic heterocycles. The largest absolute Gasteiger partial charge is 0.397 e. The second-order valence-corrected chi connectivity index (χ2v) is 5.81. The molecule has 1 aromatic rings. The molecule has 110 valence electrons. The second kappa shape index (κ2) is 6.36. The van der Waals surface area contributed by atoms with Crippen LogP contribution in [0.5, 0.6) is 0 Å². The number of rotatable bonds is 4. The van der Waals surface area contributed by atoms with E-state index in [0.29, 0.717) is 11.4 Å². The zero-order chi connectivity index (χ0) is 15.3. The molecule has 6 nitrogen and oxygen atoms in total. The molecule has 0 saturated carbocycles. The summed E-state index contributed by atoms with van der Waals surface area (Å²) in [7, 11) is 1.60. The van der Waals surface area contributed by atoms with Crippen molar-refractivity contribution >= 4 is 17.5 Å². The number of nitrogens with one attached hydrogen (secondary N) is 1. The number of aromatic nitrogens is 1. The number of pyridine rings is 1. The monoisotopic (exact) mass is 278 g/mol. The second-order valence-electron chi connectivity index (χ2n) is 5.81. The lowest BCUT2D eigenvalue weighted by atomic mass is 10.1. The minimum Gasteiger partial charge on any atom is -0.397 e. The van der Waals surface area contributed by atoms with Crippen LogP contribution in [-0.4, -0.2) is 40.8 Å². The predicted octanol–water partition coefficient (Wildman–Crippen LogP) is 0.579. The smallest absolute Gasteiger partial charge is 0.240 e. The van der Waals surface area contributed by atoms with E-state index in [2.05, 4.69) is 10.3 Å². The highest BCUT2D eigenvalue weighted by Gasteiger charge is 2.18. The SMILES string of the molecule is CN(CC(=O)NC(C)(C)C)C(=O)Cc1ccc(N)cn1. The molecule has 3 N–H and O–H groups in total. The Hall–Kier alpha value is -2.11. The molecule has 0 radical (unpaired) electrons. The van der Waals surface area contributed by atoms with Gasteiger partial charge in [0, 0.05) is 18.3 Å². The van der Waals surface area contributed by atoms with Crippen LogP contribution >= 0.6 is 0 Å². The van der Waals surface area contributed by atoms with Gasteiger partial charge in [-0.15, -0.1) is 0 Å². The van der Waals surface area contributed by atoms with Crippen LogP contribution in [0.15, 0.2) is 18.3 Å². The number of amides is 2. The van der Waals surface area contributed by atoms with Crippen LogP contribution in [0.2, 0.25) is 0 Å². The fourth-order valence-corrected chi connectivity index (χ4v) is 1.59. The van der Waals surface area contributed by atoms with Gasteiger partial charge >= 0.3 is 0 Å². The third-order valence-electron chi connectivity index (χ3n) is 2.50. The first kappa shape index (κ1) is 15.9. The third-order valence-corrected chi connectivity index (χ3v) is 2.50. The summed E-state index contributed by atoms with van der Waals surface area (Å²) in [4.78, 5) is 29.2. The van der Waals surface area contributed by atoms with Crippen LogP contribution in [-0.2, 0) is 16.0 Å². The summed E-state index contributed by atoms with van der Waals surface area (Å²) in [6.45, 7) is 5.71. The number of anilines is 1. The topological polar surface area (TPSA) is 88.3 Å². The van der Waals surface area contributed by atoms with Gasteiger partial charge in [0.15, 0.2) is 0 Å². The molecule has 0 aromatic carbocycles. The Morgan fingerprint density at radius 2 is 2.00 bits per heavy atom. The summed E-state index contributed by atoms with van der Waals surface area (Å²) in [6, 6.07) is 3.40. The first-order chi connectivity index (χ1) is 9.17. The molecule has 0 aliphatic carbocycles. The molecular formula is C14H22N4O2. The van der Waals surface area contributed by atoms with Gasteiger partial charge in [-0.1, -0.05) is 0 Å². The molecule has 1 rings (SSSR count). The average Bonchev–Trinajstić information content (AvgIpc) is 2.29. The lowest BCUT2D eigenvalue weighted by Gasteiger charge is -2.23. The highest BCUT2D eigenvalue weighted by Crippen LogP contribution is 2.04. The van der Waals surface area contributed by atoms with E-state index < -0.39 is 0 Å². The molecule has 0 bridgehead atoms. The number of hydrogen-bond donors (Lipinski definition) is 2. The normalized spacial score (nSPS) is 11.0. The van der Waals surface area contributed by atoms with Crippen molar-refractivity contribution < 1.29 is 9.59 Å². The van der Waals surface area contributed by atoms with Gasteiger partial charge in [-0.2, -0.15) is 0 Å². The van der Waals surface area contributed by atoms with Gasteiger partial charge in [-0.25, -0.2) is 0 Å². The van der Waals surface area contributed by atoms with Gasteiger partial charge in [0.25, 0.3) is 0 Å². The third kappa shape index (κ3) is 5.69. The highest BCUT2D eigenvalue weighted by molar-refractivity contribution is 5.85. The van der Waals surface area contributed by atoms with Crippen molar-refractivity contribution in [3.63, 3.8) is 0 Å². The minimum absolute atomic E-state index is 0.0328. The van der Waals surface area contributed by atoms with E-state index in [0.717, 1.165) is 0 Å². The van der Waals surface area contributed by atoms with Crippen LogP contribution in [0.4, 0.5) is 5.69 Å². The molecule has 6 heteroatoms. The number of carbonyl (C=O) groups excluding carboxylic acids is 2. The standard InChI is InChI=1S/C14H22N4O2/c1-14(2,3)17-12(19)9-18(4)13(20)7-11-6-5-10(15)8-16-11/h5-6,8H,7,9,15H2,1-4H3,(H,17,19). The van der Waals surface area contributed by atoms with E-state index in [4.69, 9.17) is 5.73 Å². The van der Waals surface area contributed by atoms with E-state index in [1.165, 1.54) is 11.1 Å². The van der Waals surface area contributed by atoms with E-state index in [1.807, 2.05) is 20.8 Å². The van der Waals surface area contributed by atoms with Gasteiger partial charge in [0.05, 0.1) is 24.8 Å². The number of hydrogen-bond acceptors (Lipinski definition) is 4. The summed E-state index contributed by atoms with van der Waals surface area (Å²) < 4.78 is 0. The van der Waals surface area contributed by atoms with Crippen molar-refractivity contribution in [2.45, 2.75) is 32.7 Å². The molecule has 0 fully saturated rings. The molecule has 0 spiro atoms. The fraction of sp³-hybridized carbons (Fsp3) is 0.500. The molecule has 0 atom stereocenters. The Labute approximate surface area is 119 Å². The Bertz CT molecular complexity index is 477. The minimum atomic E-state index is -0.306. The maximum atomic E-state index is 12.0. The van der Waals surface area contributed by atoms with Crippen LogP contribution < -0.4 is 11.1 Å². The summed E-state index contributed by atoms with van der Waals surface area (Å²) >= 11 is 0. The van der Waals surface area contributed by atoms with Crippen molar-refractivity contribution in [1.29, 1.82) is 0 Å². The lowest BCUT2D eigenvalue weighted by Crippen LogP contribution is -2.46. The Morgan fingerprint density at radius 1 is 1.35 bits per heavy atom. The zero-order valence-corrected chi connectivity index (χ0v) is 12.4. The number of carbonyl (C=O) groups is 2.